The number of carbonyl (C=O) groups is 1. The average Bonchev–Trinajstić information content (AvgIpc) is 3.10. The van der Waals surface area contributed by atoms with Crippen LogP contribution in [-0.4, -0.2) is 21.3 Å². The summed E-state index contributed by atoms with van der Waals surface area (Å²) in [7, 11) is 0. The van der Waals surface area contributed by atoms with Crippen molar-refractivity contribution in [3.05, 3.63) is 70.3 Å². The number of halogens is 1. The number of nitrogens with zero attached hydrogens (tertiary/aromatic N) is 3. The van der Waals surface area contributed by atoms with Gasteiger partial charge in [0.05, 0.1) is 5.69 Å². The van der Waals surface area contributed by atoms with Crippen LogP contribution in [0.5, 0.6) is 0 Å². The van der Waals surface area contributed by atoms with Crippen molar-refractivity contribution >= 4 is 55.7 Å². The number of carbonyl (C=O) groups excluding carboxylic acids is 1. The number of aliphatic imine (C=N–C) groups is 2. The molecule has 0 saturated carbocycles. The van der Waals surface area contributed by atoms with E-state index in [1.165, 1.54) is 16.8 Å². The van der Waals surface area contributed by atoms with E-state index in [2.05, 4.69) is 31.3 Å². The Balaban J connectivity index is 1.57. The van der Waals surface area contributed by atoms with E-state index >= 15 is 0 Å². The molecule has 4 rings (SSSR count). The van der Waals surface area contributed by atoms with Gasteiger partial charge in [-0.2, -0.15) is 5.01 Å². The quantitative estimate of drug-likeness (QED) is 0.779. The van der Waals surface area contributed by atoms with E-state index < -0.39 is 0 Å². The summed E-state index contributed by atoms with van der Waals surface area (Å²) >= 11 is 4.73. The number of benzene rings is 2. The van der Waals surface area contributed by atoms with E-state index in [0.717, 1.165) is 15.7 Å². The lowest BCUT2D eigenvalue weighted by Gasteiger charge is -2.08. The summed E-state index contributed by atoms with van der Waals surface area (Å²) in [6.45, 7) is 0. The number of nitrogens with one attached hydrogen (secondary N) is 1. The Kier molecular flexibility index (Phi) is 3.95. The summed E-state index contributed by atoms with van der Waals surface area (Å²) in [6, 6.07) is 17.3. The van der Waals surface area contributed by atoms with Crippen molar-refractivity contribution in [3.63, 3.8) is 0 Å². The molecule has 2 aliphatic rings. The summed E-state index contributed by atoms with van der Waals surface area (Å²) in [5, 5.41) is 2.65. The fraction of sp³-hybridized carbons (Fsp3) is 0. The molecule has 0 unspecified atom stereocenters. The molecule has 0 aliphatic carbocycles. The molecule has 118 valence electrons. The number of rotatable bonds is 2. The van der Waals surface area contributed by atoms with Crippen LogP contribution in [0.4, 0.5) is 5.69 Å². The first-order chi connectivity index (χ1) is 11.7. The van der Waals surface area contributed by atoms with E-state index in [9.17, 15) is 4.79 Å². The Morgan fingerprint density at radius 3 is 2.58 bits per heavy atom. The van der Waals surface area contributed by atoms with Gasteiger partial charge in [0.25, 0.3) is 5.91 Å². The summed E-state index contributed by atoms with van der Waals surface area (Å²) in [5.41, 5.74) is 5.16. The van der Waals surface area contributed by atoms with Crippen molar-refractivity contribution in [3.8, 4) is 0 Å². The standard InChI is InChI=1S/C17H11BrN4OS/c18-12-6-8-13(9-7-12)19-16-21-22-15(23)14(20-17(22)24-16)10-11-4-2-1-3-5-11/h1-10H,(H,19,21)/b14-10-. The maximum atomic E-state index is 12.4. The van der Waals surface area contributed by atoms with Crippen LogP contribution in [0.3, 0.4) is 0 Å². The predicted octanol–water partition coefficient (Wildman–Crippen LogP) is 3.93. The molecule has 2 aliphatic heterocycles. The van der Waals surface area contributed by atoms with Crippen molar-refractivity contribution in [2.75, 3.05) is 0 Å². The van der Waals surface area contributed by atoms with E-state index in [0.29, 0.717) is 16.0 Å². The van der Waals surface area contributed by atoms with Crippen molar-refractivity contribution in [2.24, 2.45) is 9.98 Å². The van der Waals surface area contributed by atoms with Gasteiger partial charge in [0, 0.05) is 4.47 Å². The Morgan fingerprint density at radius 1 is 1.12 bits per heavy atom. The highest BCUT2D eigenvalue weighted by atomic mass is 79.9. The molecule has 0 aromatic heterocycles. The smallest absolute Gasteiger partial charge is 0.266 e. The van der Waals surface area contributed by atoms with E-state index in [-0.39, 0.29) is 5.91 Å². The number of hydrogen-bond donors (Lipinski definition) is 1. The molecule has 2 aromatic carbocycles. The highest BCUT2D eigenvalue weighted by Crippen LogP contribution is 2.29. The highest BCUT2D eigenvalue weighted by molar-refractivity contribution is 9.10. The maximum absolute atomic E-state index is 12.4. The van der Waals surface area contributed by atoms with Crippen LogP contribution in [0.1, 0.15) is 5.56 Å². The minimum absolute atomic E-state index is 0.178. The third-order valence-electron chi connectivity index (χ3n) is 3.39. The molecular weight excluding hydrogens is 388 g/mol. The van der Waals surface area contributed by atoms with Gasteiger partial charge in [0.2, 0.25) is 0 Å². The largest absolute Gasteiger partial charge is 0.297 e. The number of amides is 1. The van der Waals surface area contributed by atoms with Crippen LogP contribution in [0.25, 0.3) is 6.08 Å². The fourth-order valence-electron chi connectivity index (χ4n) is 2.26. The van der Waals surface area contributed by atoms with Gasteiger partial charge in [-0.15, -0.1) is 0 Å². The normalized spacial score (nSPS) is 19.6. The second kappa shape index (κ2) is 6.26. The van der Waals surface area contributed by atoms with Gasteiger partial charge in [-0.1, -0.05) is 46.3 Å². The van der Waals surface area contributed by atoms with Crippen LogP contribution in [0, 0.1) is 0 Å². The lowest BCUT2D eigenvalue weighted by molar-refractivity contribution is -0.123. The second-order valence-electron chi connectivity index (χ2n) is 5.08. The monoisotopic (exact) mass is 398 g/mol. The Morgan fingerprint density at radius 2 is 1.88 bits per heavy atom. The SMILES string of the molecule is O=C1/C(=C/c2ccccc2)N=C2SC(=Nc3ccc(Br)cc3)NN12. The van der Waals surface area contributed by atoms with Crippen LogP contribution in [0.15, 0.2) is 74.8 Å². The topological polar surface area (TPSA) is 57.1 Å². The van der Waals surface area contributed by atoms with Crippen molar-refractivity contribution in [2.45, 2.75) is 0 Å². The number of fused-ring (bicyclic) bond motifs is 1. The van der Waals surface area contributed by atoms with Crippen molar-refractivity contribution < 1.29 is 4.79 Å². The van der Waals surface area contributed by atoms with Gasteiger partial charge >= 0.3 is 0 Å². The third kappa shape index (κ3) is 3.00. The van der Waals surface area contributed by atoms with Gasteiger partial charge in [-0.3, -0.25) is 10.2 Å². The molecule has 0 bridgehead atoms. The highest BCUT2D eigenvalue weighted by Gasteiger charge is 2.37. The average molecular weight is 399 g/mol. The zero-order valence-electron chi connectivity index (χ0n) is 12.3. The summed E-state index contributed by atoms with van der Waals surface area (Å²) in [6.07, 6.45) is 1.78. The number of amidine groups is 2. The number of thioether (sulfide) groups is 1. The van der Waals surface area contributed by atoms with Crippen molar-refractivity contribution in [1.82, 2.24) is 10.4 Å². The van der Waals surface area contributed by atoms with Crippen LogP contribution in [-0.2, 0) is 4.79 Å². The van der Waals surface area contributed by atoms with E-state index in [1.807, 2.05) is 54.6 Å². The van der Waals surface area contributed by atoms with Gasteiger partial charge < -0.3 is 0 Å². The Bertz CT molecular complexity index is 891. The van der Waals surface area contributed by atoms with Crippen molar-refractivity contribution in [1.29, 1.82) is 0 Å². The summed E-state index contributed by atoms with van der Waals surface area (Å²) in [4.78, 5) is 21.3. The molecule has 1 saturated heterocycles. The van der Waals surface area contributed by atoms with Gasteiger partial charge in [0.15, 0.2) is 10.3 Å². The third-order valence-corrected chi connectivity index (χ3v) is 4.75. The molecule has 24 heavy (non-hydrogen) atoms. The maximum Gasteiger partial charge on any atom is 0.297 e. The zero-order chi connectivity index (χ0) is 16.5. The molecule has 2 aromatic rings. The molecule has 0 atom stereocenters. The number of hydrazine groups is 1. The summed E-state index contributed by atoms with van der Waals surface area (Å²) < 4.78 is 0.995. The first kappa shape index (κ1) is 15.2. The predicted molar refractivity (Wildman–Crippen MR) is 101 cm³/mol. The Labute approximate surface area is 151 Å². The first-order valence-corrected chi connectivity index (χ1v) is 8.79. The number of hydrogen-bond acceptors (Lipinski definition) is 4. The second-order valence-corrected chi connectivity index (χ2v) is 6.95. The van der Waals surface area contributed by atoms with Gasteiger partial charge in [-0.25, -0.2) is 9.98 Å². The van der Waals surface area contributed by atoms with Gasteiger partial charge in [-0.05, 0) is 47.7 Å². The molecule has 1 fully saturated rings. The molecule has 7 heteroatoms. The molecule has 5 nitrogen and oxygen atoms in total. The zero-order valence-corrected chi connectivity index (χ0v) is 14.7. The first-order valence-electron chi connectivity index (χ1n) is 7.18. The molecule has 1 N–H and O–H groups in total. The van der Waals surface area contributed by atoms with Crippen LogP contribution < -0.4 is 5.43 Å². The summed E-state index contributed by atoms with van der Waals surface area (Å²) in [5.74, 6) is -0.178. The lowest BCUT2D eigenvalue weighted by atomic mass is 10.2. The van der Waals surface area contributed by atoms with E-state index in [4.69, 9.17) is 0 Å². The Hall–Kier alpha value is -2.38. The molecular formula is C17H11BrN4OS. The molecule has 0 spiro atoms. The van der Waals surface area contributed by atoms with Crippen LogP contribution >= 0.6 is 27.7 Å². The van der Waals surface area contributed by atoms with Gasteiger partial charge in [0.1, 0.15) is 5.70 Å². The minimum atomic E-state index is -0.178. The molecule has 2 heterocycles. The molecule has 0 radical (unpaired) electrons. The molecule has 1 amide bonds. The minimum Gasteiger partial charge on any atom is -0.266 e. The van der Waals surface area contributed by atoms with Crippen LogP contribution in [0.2, 0.25) is 0 Å². The lowest BCUT2D eigenvalue weighted by Crippen LogP contribution is -2.38. The van der Waals surface area contributed by atoms with E-state index in [1.54, 1.807) is 6.08 Å². The fourth-order valence-corrected chi connectivity index (χ4v) is 3.35.